The number of hydrogen-bond acceptors (Lipinski definition) is 3. The summed E-state index contributed by atoms with van der Waals surface area (Å²) < 4.78 is 27.3. The lowest BCUT2D eigenvalue weighted by Gasteiger charge is -2.26. The average molecular weight is 458 g/mol. The van der Waals surface area contributed by atoms with Gasteiger partial charge < -0.3 is 10.2 Å². The van der Waals surface area contributed by atoms with Crippen molar-refractivity contribution in [2.45, 2.75) is 72.8 Å². The monoisotopic (exact) mass is 457 g/mol. The molecule has 0 aliphatic rings. The highest BCUT2D eigenvalue weighted by atomic mass is 19.3. The highest BCUT2D eigenvalue weighted by molar-refractivity contribution is 5.94. The van der Waals surface area contributed by atoms with Crippen molar-refractivity contribution in [1.82, 2.24) is 10.3 Å². The summed E-state index contributed by atoms with van der Waals surface area (Å²) in [5, 5.41) is 4.98. The Morgan fingerprint density at radius 1 is 1.03 bits per heavy atom. The van der Waals surface area contributed by atoms with E-state index in [-0.39, 0.29) is 0 Å². The fourth-order valence-corrected chi connectivity index (χ4v) is 3.50. The van der Waals surface area contributed by atoms with E-state index in [0.717, 1.165) is 58.6 Å². The van der Waals surface area contributed by atoms with Crippen LogP contribution in [0.15, 0.2) is 54.7 Å². The molecule has 0 saturated carbocycles. The Labute approximate surface area is 198 Å². The second kappa shape index (κ2) is 13.1. The van der Waals surface area contributed by atoms with Gasteiger partial charge in [-0.15, -0.1) is 0 Å². The third-order valence-corrected chi connectivity index (χ3v) is 5.63. The van der Waals surface area contributed by atoms with Crippen molar-refractivity contribution < 1.29 is 8.78 Å². The summed E-state index contributed by atoms with van der Waals surface area (Å²) in [6, 6.07) is 10.8. The van der Waals surface area contributed by atoms with E-state index in [2.05, 4.69) is 31.0 Å². The number of pyridine rings is 1. The maximum atomic E-state index is 13.7. The Hall–Kier alpha value is -2.69. The first kappa shape index (κ1) is 28.3. The highest BCUT2D eigenvalue weighted by Gasteiger charge is 2.27. The molecule has 1 atom stereocenters. The van der Waals surface area contributed by atoms with Gasteiger partial charge in [0.2, 0.25) is 0 Å². The predicted octanol–water partition coefficient (Wildman–Crippen LogP) is 8.50. The lowest BCUT2D eigenvalue weighted by molar-refractivity contribution is 0.0236. The molecule has 0 spiro atoms. The van der Waals surface area contributed by atoms with E-state index < -0.39 is 6.05 Å². The van der Waals surface area contributed by atoms with Crippen LogP contribution >= 0.6 is 0 Å². The number of allylic oxidation sites excluding steroid dienone is 1. The first-order valence-electron chi connectivity index (χ1n) is 12.0. The Kier molecular flexibility index (Phi) is 11.3. The maximum Gasteiger partial charge on any atom is 0.322 e. The zero-order valence-electron chi connectivity index (χ0n) is 21.6. The Balaban J connectivity index is 0.00000129. The number of nitrogens with zero attached hydrogens (tertiary/aromatic N) is 2. The molecule has 0 saturated heterocycles. The lowest BCUT2D eigenvalue weighted by atomic mass is 9.93. The van der Waals surface area contributed by atoms with E-state index in [1.807, 2.05) is 46.9 Å². The first-order chi connectivity index (χ1) is 15.7. The predicted molar refractivity (Wildman–Crippen MR) is 141 cm³/mol. The molecule has 1 unspecified atom stereocenters. The van der Waals surface area contributed by atoms with Crippen LogP contribution in [0.25, 0.3) is 21.8 Å². The van der Waals surface area contributed by atoms with Crippen LogP contribution < -0.4 is 10.2 Å². The van der Waals surface area contributed by atoms with Gasteiger partial charge in [-0.1, -0.05) is 47.3 Å². The van der Waals surface area contributed by atoms with E-state index in [4.69, 9.17) is 4.98 Å². The molecule has 0 aliphatic carbocycles. The number of aromatic nitrogens is 1. The van der Waals surface area contributed by atoms with Gasteiger partial charge in [0, 0.05) is 43.2 Å². The van der Waals surface area contributed by atoms with Crippen LogP contribution in [-0.4, -0.2) is 25.1 Å². The number of benzene rings is 2. The summed E-state index contributed by atoms with van der Waals surface area (Å²) in [4.78, 5) is 5.69. The normalized spacial score (nSPS) is 11.7. The molecule has 1 N–H and O–H groups in total. The van der Waals surface area contributed by atoms with Gasteiger partial charge in [-0.25, -0.2) is 4.98 Å². The number of halogens is 2. The van der Waals surface area contributed by atoms with Gasteiger partial charge in [-0.3, -0.25) is 0 Å². The SMILES string of the molecule is C=C(CCCC(C)c1ccc2nc3ccc(N(C)C(C)(F)F)cc3cc2c1)NC.CC.CC. The molecule has 0 bridgehead atoms. The largest absolute Gasteiger partial charge is 0.392 e. The topological polar surface area (TPSA) is 28.2 Å². The van der Waals surface area contributed by atoms with Crippen LogP contribution in [0.3, 0.4) is 0 Å². The maximum absolute atomic E-state index is 13.7. The van der Waals surface area contributed by atoms with E-state index in [0.29, 0.717) is 11.6 Å². The van der Waals surface area contributed by atoms with Gasteiger partial charge in [0.05, 0.1) is 11.0 Å². The molecule has 3 aromatic rings. The van der Waals surface area contributed by atoms with Crippen LogP contribution in [0.4, 0.5) is 14.5 Å². The van der Waals surface area contributed by atoms with Gasteiger partial charge in [-0.05, 0) is 67.1 Å². The zero-order valence-corrected chi connectivity index (χ0v) is 21.6. The zero-order chi connectivity index (χ0) is 25.2. The third-order valence-electron chi connectivity index (χ3n) is 5.63. The van der Waals surface area contributed by atoms with Crippen molar-refractivity contribution >= 4 is 27.5 Å². The van der Waals surface area contributed by atoms with Gasteiger partial charge in [-0.2, -0.15) is 8.78 Å². The number of nitrogens with one attached hydrogen (secondary N) is 1. The Morgan fingerprint density at radius 2 is 1.61 bits per heavy atom. The van der Waals surface area contributed by atoms with Crippen LogP contribution in [0.5, 0.6) is 0 Å². The molecule has 0 radical (unpaired) electrons. The standard InChI is InChI=1S/C24H29F2N3.2C2H6/c1-16(7-6-8-17(2)27-4)18-9-11-22-19(13-18)14-20-15-21(10-12-23(20)28-22)29(5)24(3,25)26;2*1-2/h9-16,27H,2,6-8H2,1,3-5H3;2*1-2H3. The summed E-state index contributed by atoms with van der Waals surface area (Å²) >= 11 is 0. The van der Waals surface area contributed by atoms with E-state index in [1.165, 1.54) is 12.6 Å². The minimum atomic E-state index is -2.92. The molecule has 3 nitrogen and oxygen atoms in total. The van der Waals surface area contributed by atoms with E-state index >= 15 is 0 Å². The first-order valence-corrected chi connectivity index (χ1v) is 12.0. The van der Waals surface area contributed by atoms with Gasteiger partial charge in [0.15, 0.2) is 0 Å². The van der Waals surface area contributed by atoms with Crippen molar-refractivity contribution in [3.63, 3.8) is 0 Å². The van der Waals surface area contributed by atoms with Gasteiger partial charge in [0.25, 0.3) is 0 Å². The minimum Gasteiger partial charge on any atom is -0.392 e. The van der Waals surface area contributed by atoms with Gasteiger partial charge in [0.1, 0.15) is 0 Å². The van der Waals surface area contributed by atoms with Crippen LogP contribution in [-0.2, 0) is 0 Å². The molecule has 0 amide bonds. The molecular weight excluding hydrogens is 416 g/mol. The number of anilines is 1. The smallest absolute Gasteiger partial charge is 0.322 e. The number of fused-ring (bicyclic) bond motifs is 2. The van der Waals surface area contributed by atoms with Crippen LogP contribution in [0.2, 0.25) is 0 Å². The number of rotatable bonds is 8. The van der Waals surface area contributed by atoms with Crippen molar-refractivity contribution in [1.29, 1.82) is 0 Å². The van der Waals surface area contributed by atoms with Crippen molar-refractivity contribution in [3.05, 3.63) is 60.3 Å². The Morgan fingerprint density at radius 3 is 2.18 bits per heavy atom. The second-order valence-corrected chi connectivity index (χ2v) is 7.87. The minimum absolute atomic E-state index is 0.427. The summed E-state index contributed by atoms with van der Waals surface area (Å²) in [6.45, 7) is 15.1. The molecule has 3 rings (SSSR count). The molecular formula is C28H41F2N3. The summed E-state index contributed by atoms with van der Waals surface area (Å²) in [5.74, 6) is 0.427. The van der Waals surface area contributed by atoms with Gasteiger partial charge >= 0.3 is 6.05 Å². The number of hydrogen-bond donors (Lipinski definition) is 1. The Bertz CT molecular complexity index is 1020. The van der Waals surface area contributed by atoms with Crippen molar-refractivity contribution in [2.24, 2.45) is 0 Å². The average Bonchev–Trinajstić information content (AvgIpc) is 2.83. The lowest BCUT2D eigenvalue weighted by Crippen LogP contribution is -2.35. The third kappa shape index (κ3) is 7.69. The summed E-state index contributed by atoms with van der Waals surface area (Å²) in [7, 11) is 3.30. The summed E-state index contributed by atoms with van der Waals surface area (Å²) in [6.07, 6.45) is 3.13. The fourth-order valence-electron chi connectivity index (χ4n) is 3.50. The second-order valence-electron chi connectivity index (χ2n) is 7.87. The molecule has 182 valence electrons. The fraction of sp³-hybridized carbons (Fsp3) is 0.464. The number of alkyl halides is 2. The highest BCUT2D eigenvalue weighted by Crippen LogP contribution is 2.30. The molecule has 2 aromatic carbocycles. The summed E-state index contributed by atoms with van der Waals surface area (Å²) in [5.41, 5.74) is 4.52. The molecule has 1 aromatic heterocycles. The van der Waals surface area contributed by atoms with Crippen LogP contribution in [0, 0.1) is 0 Å². The molecule has 5 heteroatoms. The van der Waals surface area contributed by atoms with E-state index in [9.17, 15) is 8.78 Å². The molecule has 0 fully saturated rings. The van der Waals surface area contributed by atoms with E-state index in [1.54, 1.807) is 18.2 Å². The van der Waals surface area contributed by atoms with Crippen molar-refractivity contribution in [2.75, 3.05) is 19.0 Å². The van der Waals surface area contributed by atoms with Crippen LogP contribution in [0.1, 0.15) is 72.3 Å². The molecule has 33 heavy (non-hydrogen) atoms. The molecule has 1 heterocycles. The van der Waals surface area contributed by atoms with Crippen molar-refractivity contribution in [3.8, 4) is 0 Å². The molecule has 0 aliphatic heterocycles. The quantitative estimate of drug-likeness (QED) is 0.271.